The number of para-hydroxylation sites is 1. The summed E-state index contributed by atoms with van der Waals surface area (Å²) in [6, 6.07) is 11.4. The summed E-state index contributed by atoms with van der Waals surface area (Å²) in [5.74, 6) is 1.27. The van der Waals surface area contributed by atoms with E-state index in [1.54, 1.807) is 12.3 Å². The van der Waals surface area contributed by atoms with Crippen molar-refractivity contribution in [1.82, 2.24) is 10.3 Å². The predicted octanol–water partition coefficient (Wildman–Crippen LogP) is 4.13. The number of nitrogens with zero attached hydrogens (tertiary/aromatic N) is 1. The number of hydrogen-bond acceptors (Lipinski definition) is 4. The zero-order valence-corrected chi connectivity index (χ0v) is 15.7. The molecule has 0 spiro atoms. The van der Waals surface area contributed by atoms with E-state index in [0.717, 1.165) is 29.7 Å². The van der Waals surface area contributed by atoms with Gasteiger partial charge in [0.15, 0.2) is 0 Å². The third-order valence-electron chi connectivity index (χ3n) is 4.49. The molecular weight excluding hydrogens is 340 g/mol. The molecule has 3 rings (SSSR count). The lowest BCUT2D eigenvalue weighted by molar-refractivity contribution is -0.116. The normalized spacial score (nSPS) is 14.4. The van der Waals surface area contributed by atoms with Crippen LogP contribution < -0.4 is 14.8 Å². The number of amides is 1. The number of rotatable bonds is 8. The molecule has 142 valence electrons. The van der Waals surface area contributed by atoms with Crippen LogP contribution in [0.3, 0.4) is 0 Å². The van der Waals surface area contributed by atoms with Gasteiger partial charge in [-0.2, -0.15) is 0 Å². The number of hydrogen-bond donors (Lipinski definition) is 1. The number of carbonyl (C=O) groups excluding carboxylic acids is 1. The maximum Gasteiger partial charge on any atom is 0.244 e. The monoisotopic (exact) mass is 366 g/mol. The number of aromatic nitrogens is 1. The molecule has 1 aliphatic carbocycles. The summed E-state index contributed by atoms with van der Waals surface area (Å²) in [5.41, 5.74) is 1.81. The van der Waals surface area contributed by atoms with Crippen molar-refractivity contribution in [2.24, 2.45) is 0 Å². The number of ether oxygens (including phenoxy) is 2. The van der Waals surface area contributed by atoms with Crippen LogP contribution >= 0.6 is 0 Å². The van der Waals surface area contributed by atoms with Crippen LogP contribution in [-0.2, 0) is 11.3 Å². The summed E-state index contributed by atoms with van der Waals surface area (Å²) >= 11 is 0. The molecule has 1 aliphatic rings. The Bertz CT molecular complexity index is 765. The molecule has 0 bridgehead atoms. The second-order valence-electron chi connectivity index (χ2n) is 6.55. The third kappa shape index (κ3) is 5.84. The van der Waals surface area contributed by atoms with Crippen molar-refractivity contribution < 1.29 is 14.3 Å². The minimum atomic E-state index is -0.160. The smallest absolute Gasteiger partial charge is 0.244 e. The third-order valence-corrected chi connectivity index (χ3v) is 4.49. The molecule has 1 fully saturated rings. The molecule has 5 nitrogen and oxygen atoms in total. The van der Waals surface area contributed by atoms with Gasteiger partial charge in [0.05, 0.1) is 6.61 Å². The van der Waals surface area contributed by atoms with Crippen LogP contribution in [0.2, 0.25) is 0 Å². The minimum Gasteiger partial charge on any atom is -0.493 e. The SMILES string of the molecule is CCOc1ccccc1C=CC(=O)NCc1ccc(OC2CCCC2)nc1. The maximum atomic E-state index is 12.1. The Kier molecular flexibility index (Phi) is 6.85. The minimum absolute atomic E-state index is 0.160. The first kappa shape index (κ1) is 19.0. The van der Waals surface area contributed by atoms with Gasteiger partial charge in [-0.1, -0.05) is 24.3 Å². The van der Waals surface area contributed by atoms with E-state index in [-0.39, 0.29) is 5.91 Å². The van der Waals surface area contributed by atoms with Crippen molar-refractivity contribution in [1.29, 1.82) is 0 Å². The topological polar surface area (TPSA) is 60.5 Å². The van der Waals surface area contributed by atoms with Crippen molar-refractivity contribution in [2.75, 3.05) is 6.61 Å². The number of pyridine rings is 1. The van der Waals surface area contributed by atoms with Gasteiger partial charge in [0, 0.05) is 30.4 Å². The molecular formula is C22H26N2O3. The molecule has 0 radical (unpaired) electrons. The van der Waals surface area contributed by atoms with Crippen molar-refractivity contribution in [3.63, 3.8) is 0 Å². The highest BCUT2D eigenvalue weighted by atomic mass is 16.5. The van der Waals surface area contributed by atoms with Gasteiger partial charge in [0.25, 0.3) is 0 Å². The fourth-order valence-corrected chi connectivity index (χ4v) is 3.08. The molecule has 0 saturated heterocycles. The first-order valence-electron chi connectivity index (χ1n) is 9.54. The van der Waals surface area contributed by atoms with Crippen molar-refractivity contribution in [3.8, 4) is 11.6 Å². The summed E-state index contributed by atoms with van der Waals surface area (Å²) in [6.45, 7) is 2.95. The van der Waals surface area contributed by atoms with Gasteiger partial charge in [0.2, 0.25) is 11.8 Å². The van der Waals surface area contributed by atoms with Crippen LogP contribution in [0.1, 0.15) is 43.7 Å². The van der Waals surface area contributed by atoms with E-state index in [1.807, 2.05) is 43.3 Å². The van der Waals surface area contributed by atoms with E-state index in [0.29, 0.717) is 25.1 Å². The van der Waals surface area contributed by atoms with Crippen molar-refractivity contribution in [3.05, 3.63) is 59.8 Å². The van der Waals surface area contributed by atoms with Crippen LogP contribution in [0.4, 0.5) is 0 Å². The van der Waals surface area contributed by atoms with Crippen LogP contribution in [0.25, 0.3) is 6.08 Å². The summed E-state index contributed by atoms with van der Waals surface area (Å²) in [4.78, 5) is 16.4. The van der Waals surface area contributed by atoms with Gasteiger partial charge in [-0.15, -0.1) is 0 Å². The standard InChI is InChI=1S/C22H26N2O3/c1-2-26-20-10-6-3-7-18(20)12-13-21(25)23-15-17-11-14-22(24-16-17)27-19-8-4-5-9-19/h3,6-7,10-14,16,19H,2,4-5,8-9,15H2,1H3,(H,23,25). The number of nitrogens with one attached hydrogen (secondary N) is 1. The fourth-order valence-electron chi connectivity index (χ4n) is 3.08. The lowest BCUT2D eigenvalue weighted by Crippen LogP contribution is -2.20. The Hall–Kier alpha value is -2.82. The van der Waals surface area contributed by atoms with Crippen molar-refractivity contribution >= 4 is 12.0 Å². The highest BCUT2D eigenvalue weighted by Crippen LogP contribution is 2.23. The molecule has 27 heavy (non-hydrogen) atoms. The second-order valence-corrected chi connectivity index (χ2v) is 6.55. The van der Waals surface area contributed by atoms with Crippen LogP contribution in [0, 0.1) is 0 Å². The summed E-state index contributed by atoms with van der Waals surface area (Å²) in [6.07, 6.45) is 10.0. The quantitative estimate of drug-likeness (QED) is 0.714. The van der Waals surface area contributed by atoms with Crippen LogP contribution in [-0.4, -0.2) is 23.6 Å². The molecule has 0 atom stereocenters. The summed E-state index contributed by atoms with van der Waals surface area (Å²) in [5, 5.41) is 2.87. The van der Waals surface area contributed by atoms with E-state index in [9.17, 15) is 4.79 Å². The Morgan fingerprint density at radius 1 is 1.22 bits per heavy atom. The summed E-state index contributed by atoms with van der Waals surface area (Å²) < 4.78 is 11.4. The molecule has 1 saturated carbocycles. The first-order valence-corrected chi connectivity index (χ1v) is 9.54. The second kappa shape index (κ2) is 9.76. The van der Waals surface area contributed by atoms with E-state index in [1.165, 1.54) is 18.9 Å². The average molecular weight is 366 g/mol. The molecule has 0 aliphatic heterocycles. The van der Waals surface area contributed by atoms with E-state index in [2.05, 4.69) is 10.3 Å². The molecule has 5 heteroatoms. The van der Waals surface area contributed by atoms with Gasteiger partial charge in [-0.25, -0.2) is 4.98 Å². The first-order chi connectivity index (χ1) is 13.2. The van der Waals surface area contributed by atoms with Crippen LogP contribution in [0.15, 0.2) is 48.7 Å². The number of benzene rings is 1. The number of carbonyl (C=O) groups is 1. The molecule has 1 heterocycles. The lowest BCUT2D eigenvalue weighted by Gasteiger charge is -2.12. The Morgan fingerprint density at radius 2 is 2.04 bits per heavy atom. The molecule has 2 aromatic rings. The average Bonchev–Trinajstić information content (AvgIpc) is 3.20. The van der Waals surface area contributed by atoms with Gasteiger partial charge in [0.1, 0.15) is 11.9 Å². The van der Waals surface area contributed by atoms with Gasteiger partial charge in [-0.3, -0.25) is 4.79 Å². The summed E-state index contributed by atoms with van der Waals surface area (Å²) in [7, 11) is 0. The van der Waals surface area contributed by atoms with Crippen LogP contribution in [0.5, 0.6) is 11.6 Å². The molecule has 1 N–H and O–H groups in total. The van der Waals surface area contributed by atoms with Crippen molar-refractivity contribution in [2.45, 2.75) is 45.3 Å². The fraction of sp³-hybridized carbons (Fsp3) is 0.364. The predicted molar refractivity (Wildman–Crippen MR) is 106 cm³/mol. The van der Waals surface area contributed by atoms with Gasteiger partial charge >= 0.3 is 0 Å². The van der Waals surface area contributed by atoms with Gasteiger partial charge < -0.3 is 14.8 Å². The van der Waals surface area contributed by atoms with E-state index >= 15 is 0 Å². The zero-order valence-electron chi connectivity index (χ0n) is 15.7. The van der Waals surface area contributed by atoms with E-state index < -0.39 is 0 Å². The lowest BCUT2D eigenvalue weighted by atomic mass is 10.2. The highest BCUT2D eigenvalue weighted by Gasteiger charge is 2.16. The largest absolute Gasteiger partial charge is 0.493 e. The Balaban J connectivity index is 1.48. The maximum absolute atomic E-state index is 12.1. The molecule has 1 aromatic heterocycles. The molecule has 1 aromatic carbocycles. The van der Waals surface area contributed by atoms with Gasteiger partial charge in [-0.05, 0) is 50.3 Å². The Labute approximate surface area is 160 Å². The zero-order chi connectivity index (χ0) is 18.9. The Morgan fingerprint density at radius 3 is 2.78 bits per heavy atom. The molecule has 1 amide bonds. The molecule has 0 unspecified atom stereocenters. The highest BCUT2D eigenvalue weighted by molar-refractivity contribution is 5.92. The van der Waals surface area contributed by atoms with E-state index in [4.69, 9.17) is 9.47 Å².